The monoisotopic (exact) mass is 334 g/mol. The number of nitrogens with one attached hydrogen (secondary N) is 1. The average Bonchev–Trinajstić information content (AvgIpc) is 2.92. The Balaban J connectivity index is 0.00000220. The summed E-state index contributed by atoms with van der Waals surface area (Å²) in [7, 11) is -3.49. The van der Waals surface area contributed by atoms with Crippen molar-refractivity contribution >= 4 is 39.8 Å². The van der Waals surface area contributed by atoms with Crippen molar-refractivity contribution in [3.63, 3.8) is 0 Å². The van der Waals surface area contributed by atoms with Gasteiger partial charge in [0.05, 0.1) is 17.0 Å². The molecule has 1 saturated heterocycles. The summed E-state index contributed by atoms with van der Waals surface area (Å²) in [6.07, 6.45) is 2.18. The van der Waals surface area contributed by atoms with Crippen LogP contribution < -0.4 is 9.62 Å². The zero-order chi connectivity index (χ0) is 14.8. The highest BCUT2D eigenvalue weighted by Crippen LogP contribution is 2.26. The van der Waals surface area contributed by atoms with Gasteiger partial charge in [0.2, 0.25) is 10.0 Å². The van der Waals surface area contributed by atoms with Gasteiger partial charge in [0, 0.05) is 18.8 Å². The Morgan fingerprint density at radius 3 is 2.48 bits per heavy atom. The number of carbonyl (C=O) groups is 1. The van der Waals surface area contributed by atoms with Gasteiger partial charge in [0.25, 0.3) is 0 Å². The number of rotatable bonds is 5. The first-order valence-corrected chi connectivity index (χ1v) is 8.21. The third-order valence-electron chi connectivity index (χ3n) is 3.35. The zero-order valence-corrected chi connectivity index (χ0v) is 13.3. The molecule has 2 N–H and O–H groups in total. The molecule has 1 aliphatic heterocycles. The van der Waals surface area contributed by atoms with Crippen molar-refractivity contribution in [2.45, 2.75) is 19.8 Å². The second kappa shape index (κ2) is 7.00. The molecule has 0 aliphatic carbocycles. The van der Waals surface area contributed by atoms with Crippen LogP contribution in [0.15, 0.2) is 18.2 Å². The van der Waals surface area contributed by atoms with Gasteiger partial charge < -0.3 is 10.0 Å². The molecule has 0 spiro atoms. The van der Waals surface area contributed by atoms with Crippen LogP contribution in [0.25, 0.3) is 0 Å². The first-order chi connectivity index (χ1) is 9.43. The second-order valence-corrected chi connectivity index (χ2v) is 6.75. The molecule has 1 fully saturated rings. The van der Waals surface area contributed by atoms with Gasteiger partial charge in [-0.25, -0.2) is 13.2 Å². The minimum atomic E-state index is -3.49. The van der Waals surface area contributed by atoms with E-state index in [0.29, 0.717) is 0 Å². The van der Waals surface area contributed by atoms with E-state index >= 15 is 0 Å². The van der Waals surface area contributed by atoms with E-state index in [-0.39, 0.29) is 29.4 Å². The smallest absolute Gasteiger partial charge is 0.337 e. The summed E-state index contributed by atoms with van der Waals surface area (Å²) in [5, 5.41) is 9.25. The van der Waals surface area contributed by atoms with Gasteiger partial charge in [0.1, 0.15) is 0 Å². The highest BCUT2D eigenvalue weighted by atomic mass is 35.5. The Kier molecular flexibility index (Phi) is 5.86. The van der Waals surface area contributed by atoms with E-state index in [2.05, 4.69) is 9.62 Å². The maximum absolute atomic E-state index is 11.6. The van der Waals surface area contributed by atoms with Gasteiger partial charge in [-0.3, -0.25) is 4.72 Å². The van der Waals surface area contributed by atoms with Crippen LogP contribution in [-0.2, 0) is 10.0 Å². The van der Waals surface area contributed by atoms with Crippen molar-refractivity contribution < 1.29 is 18.3 Å². The van der Waals surface area contributed by atoms with Crippen molar-refractivity contribution in [1.82, 2.24) is 0 Å². The predicted octanol–water partition coefficient (Wildman–Crippen LogP) is 2.17. The summed E-state index contributed by atoms with van der Waals surface area (Å²) in [5.74, 6) is -1.24. The molecule has 0 saturated carbocycles. The van der Waals surface area contributed by atoms with Crippen molar-refractivity contribution in [2.75, 3.05) is 28.5 Å². The molecule has 118 valence electrons. The van der Waals surface area contributed by atoms with Gasteiger partial charge in [-0.1, -0.05) is 0 Å². The number of carboxylic acids is 1. The lowest BCUT2D eigenvalue weighted by Gasteiger charge is -2.19. The Hall–Kier alpha value is -1.47. The van der Waals surface area contributed by atoms with Gasteiger partial charge in [-0.2, -0.15) is 0 Å². The maximum atomic E-state index is 11.6. The Morgan fingerprint density at radius 2 is 1.95 bits per heavy atom. The van der Waals surface area contributed by atoms with Crippen molar-refractivity contribution in [2.24, 2.45) is 0 Å². The Morgan fingerprint density at radius 1 is 1.33 bits per heavy atom. The number of benzene rings is 1. The number of sulfonamides is 1. The van der Waals surface area contributed by atoms with E-state index in [1.54, 1.807) is 6.07 Å². The molecule has 1 aliphatic rings. The maximum Gasteiger partial charge on any atom is 0.337 e. The van der Waals surface area contributed by atoms with E-state index in [4.69, 9.17) is 0 Å². The molecule has 1 aromatic rings. The van der Waals surface area contributed by atoms with Gasteiger partial charge in [-0.05, 0) is 38.0 Å². The fourth-order valence-corrected chi connectivity index (χ4v) is 2.87. The van der Waals surface area contributed by atoms with Gasteiger partial charge in [0.15, 0.2) is 0 Å². The normalized spacial score (nSPS) is 14.6. The molecule has 0 bridgehead atoms. The first kappa shape index (κ1) is 17.6. The van der Waals surface area contributed by atoms with Crippen LogP contribution in [0.1, 0.15) is 30.1 Å². The summed E-state index contributed by atoms with van der Waals surface area (Å²) in [6, 6.07) is 4.80. The summed E-state index contributed by atoms with van der Waals surface area (Å²) in [6.45, 7) is 3.31. The largest absolute Gasteiger partial charge is 0.478 e. The quantitative estimate of drug-likeness (QED) is 0.861. The van der Waals surface area contributed by atoms with E-state index in [1.165, 1.54) is 19.1 Å². The van der Waals surface area contributed by atoms with Crippen LogP contribution in [0.4, 0.5) is 11.4 Å². The average molecular weight is 335 g/mol. The lowest BCUT2D eigenvalue weighted by molar-refractivity contribution is 0.0698. The fourth-order valence-electron chi connectivity index (χ4n) is 2.21. The molecule has 1 aromatic carbocycles. The number of nitrogens with zero attached hydrogens (tertiary/aromatic N) is 1. The number of carboxylic acid groups (broad SMARTS) is 1. The lowest BCUT2D eigenvalue weighted by atomic mass is 10.1. The van der Waals surface area contributed by atoms with Crippen molar-refractivity contribution in [1.29, 1.82) is 0 Å². The number of halogens is 1. The molecule has 0 atom stereocenters. The molecular weight excluding hydrogens is 316 g/mol. The molecule has 2 rings (SSSR count). The number of aromatic carboxylic acids is 1. The van der Waals surface area contributed by atoms with Crippen LogP contribution in [0, 0.1) is 0 Å². The Bertz CT molecular complexity index is 613. The van der Waals surface area contributed by atoms with Crippen LogP contribution in [0.2, 0.25) is 0 Å². The molecule has 21 heavy (non-hydrogen) atoms. The van der Waals surface area contributed by atoms with Gasteiger partial charge >= 0.3 is 5.97 Å². The molecule has 6 nitrogen and oxygen atoms in total. The van der Waals surface area contributed by atoms with E-state index in [0.717, 1.165) is 31.6 Å². The van der Waals surface area contributed by atoms with E-state index in [9.17, 15) is 18.3 Å². The molecule has 1 heterocycles. The van der Waals surface area contributed by atoms with Gasteiger partial charge in [-0.15, -0.1) is 12.4 Å². The first-order valence-electron chi connectivity index (χ1n) is 6.56. The molecule has 0 radical (unpaired) electrons. The predicted molar refractivity (Wildman–Crippen MR) is 85.2 cm³/mol. The third kappa shape index (κ3) is 4.25. The summed E-state index contributed by atoms with van der Waals surface area (Å²) < 4.78 is 25.4. The van der Waals surface area contributed by atoms with E-state index in [1.807, 2.05) is 0 Å². The highest BCUT2D eigenvalue weighted by Gasteiger charge is 2.19. The fraction of sp³-hybridized carbons (Fsp3) is 0.462. The minimum Gasteiger partial charge on any atom is -0.478 e. The SMILES string of the molecule is CCS(=O)(=O)Nc1ccc(N2CCCC2)cc1C(=O)O.Cl. The zero-order valence-electron chi connectivity index (χ0n) is 11.7. The highest BCUT2D eigenvalue weighted by molar-refractivity contribution is 7.92. The lowest BCUT2D eigenvalue weighted by Crippen LogP contribution is -2.20. The Labute approximate surface area is 130 Å². The molecule has 8 heteroatoms. The number of anilines is 2. The topological polar surface area (TPSA) is 86.7 Å². The molecular formula is C13H19ClN2O4S. The van der Waals surface area contributed by atoms with Crippen LogP contribution in [-0.4, -0.2) is 38.3 Å². The molecule has 0 unspecified atom stereocenters. The third-order valence-corrected chi connectivity index (χ3v) is 4.64. The van der Waals surface area contributed by atoms with Crippen LogP contribution in [0.5, 0.6) is 0 Å². The summed E-state index contributed by atoms with van der Waals surface area (Å²) in [4.78, 5) is 13.4. The number of hydrogen-bond acceptors (Lipinski definition) is 4. The number of hydrogen-bond donors (Lipinski definition) is 2. The summed E-state index contributed by atoms with van der Waals surface area (Å²) >= 11 is 0. The van der Waals surface area contributed by atoms with Crippen molar-refractivity contribution in [3.8, 4) is 0 Å². The minimum absolute atomic E-state index is 0. The van der Waals surface area contributed by atoms with Crippen molar-refractivity contribution in [3.05, 3.63) is 23.8 Å². The van der Waals surface area contributed by atoms with E-state index < -0.39 is 16.0 Å². The summed E-state index contributed by atoms with van der Waals surface area (Å²) in [5.41, 5.74) is 0.910. The molecule has 0 aromatic heterocycles. The van der Waals surface area contributed by atoms with Crippen LogP contribution in [0.3, 0.4) is 0 Å². The van der Waals surface area contributed by atoms with Crippen LogP contribution >= 0.6 is 12.4 Å². The second-order valence-electron chi connectivity index (χ2n) is 4.73. The standard InChI is InChI=1S/C13H18N2O4S.ClH/c1-2-20(18,19)14-12-6-5-10(9-11(12)13(16)17)15-7-3-4-8-15;/h5-6,9,14H,2-4,7-8H2,1H3,(H,16,17);1H. The molecule has 0 amide bonds.